The summed E-state index contributed by atoms with van der Waals surface area (Å²) in [6, 6.07) is 7.67. The van der Waals surface area contributed by atoms with Crippen molar-refractivity contribution >= 4 is 32.5 Å². The van der Waals surface area contributed by atoms with Crippen molar-refractivity contribution in [1.29, 1.82) is 0 Å². The van der Waals surface area contributed by atoms with Crippen LogP contribution < -0.4 is 5.73 Å². The Balaban J connectivity index is 2.34. The van der Waals surface area contributed by atoms with Gasteiger partial charge in [-0.2, -0.15) is 5.10 Å². The van der Waals surface area contributed by atoms with Gasteiger partial charge in [0.05, 0.1) is 27.6 Å². The first kappa shape index (κ1) is 10.3. The molecule has 0 atom stereocenters. The molecule has 2 N–H and O–H groups in total. The van der Waals surface area contributed by atoms with Gasteiger partial charge in [0.15, 0.2) is 0 Å². The first-order valence-electron chi connectivity index (χ1n) is 5.09. The fourth-order valence-corrected chi connectivity index (χ4v) is 2.10. The van der Waals surface area contributed by atoms with Crippen molar-refractivity contribution in [3.63, 3.8) is 0 Å². The minimum atomic E-state index is 0.676. The van der Waals surface area contributed by atoms with Crippen LogP contribution in [-0.4, -0.2) is 14.8 Å². The fourth-order valence-electron chi connectivity index (χ4n) is 1.81. The van der Waals surface area contributed by atoms with Crippen LogP contribution in [-0.2, 0) is 0 Å². The Hall–Kier alpha value is -1.88. The van der Waals surface area contributed by atoms with Gasteiger partial charge in [-0.05, 0) is 40.2 Å². The normalized spacial score (nSPS) is 10.9. The van der Waals surface area contributed by atoms with E-state index in [0.717, 1.165) is 21.1 Å². The van der Waals surface area contributed by atoms with Crippen LogP contribution in [0.15, 0.2) is 47.3 Å². The van der Waals surface area contributed by atoms with Crippen LogP contribution in [0.1, 0.15) is 0 Å². The topological polar surface area (TPSA) is 56.7 Å². The number of aromatic nitrogens is 3. The number of nitrogens with zero attached hydrogens (tertiary/aromatic N) is 3. The highest BCUT2D eigenvalue weighted by atomic mass is 79.9. The van der Waals surface area contributed by atoms with E-state index in [1.54, 1.807) is 17.1 Å². The summed E-state index contributed by atoms with van der Waals surface area (Å²) in [6.07, 6.45) is 5.39. The summed E-state index contributed by atoms with van der Waals surface area (Å²) >= 11 is 3.38. The number of halogens is 1. The largest absolute Gasteiger partial charge is 0.397 e. The van der Waals surface area contributed by atoms with E-state index >= 15 is 0 Å². The average Bonchev–Trinajstić information content (AvgIpc) is 2.77. The quantitative estimate of drug-likeness (QED) is 0.701. The van der Waals surface area contributed by atoms with E-state index in [4.69, 9.17) is 5.73 Å². The minimum absolute atomic E-state index is 0.676. The highest BCUT2D eigenvalue weighted by molar-refractivity contribution is 9.10. The lowest BCUT2D eigenvalue weighted by atomic mass is 10.1. The van der Waals surface area contributed by atoms with Gasteiger partial charge in [0.2, 0.25) is 0 Å². The molecule has 5 heteroatoms. The Morgan fingerprint density at radius 1 is 1.24 bits per heavy atom. The zero-order valence-corrected chi connectivity index (χ0v) is 10.4. The van der Waals surface area contributed by atoms with Crippen LogP contribution in [0.4, 0.5) is 5.69 Å². The predicted octanol–water partition coefficient (Wildman–Crippen LogP) is 2.77. The molecule has 0 spiro atoms. The van der Waals surface area contributed by atoms with Crippen molar-refractivity contribution in [2.45, 2.75) is 0 Å². The van der Waals surface area contributed by atoms with Crippen LogP contribution >= 0.6 is 15.9 Å². The second-order valence-corrected chi connectivity index (χ2v) is 4.59. The Kier molecular flexibility index (Phi) is 2.33. The van der Waals surface area contributed by atoms with Gasteiger partial charge in [0.1, 0.15) is 0 Å². The number of pyridine rings is 1. The van der Waals surface area contributed by atoms with Gasteiger partial charge in [0.25, 0.3) is 0 Å². The molecule has 84 valence electrons. The second-order valence-electron chi connectivity index (χ2n) is 3.68. The fraction of sp³-hybridized carbons (Fsp3) is 0. The lowest BCUT2D eigenvalue weighted by molar-refractivity contribution is 0.887. The first-order valence-corrected chi connectivity index (χ1v) is 5.89. The maximum Gasteiger partial charge on any atom is 0.0952 e. The summed E-state index contributed by atoms with van der Waals surface area (Å²) in [5, 5.41) is 5.26. The molecule has 0 radical (unpaired) electrons. The lowest BCUT2D eigenvalue weighted by Gasteiger charge is -2.07. The number of nitrogen functional groups attached to an aromatic ring is 1. The predicted molar refractivity (Wildman–Crippen MR) is 71.0 cm³/mol. The Morgan fingerprint density at radius 3 is 2.88 bits per heavy atom. The van der Waals surface area contributed by atoms with Gasteiger partial charge in [-0.15, -0.1) is 0 Å². The van der Waals surface area contributed by atoms with Crippen LogP contribution in [0.25, 0.3) is 16.6 Å². The summed E-state index contributed by atoms with van der Waals surface area (Å²) in [4.78, 5) is 4.30. The van der Waals surface area contributed by atoms with Crippen molar-refractivity contribution in [2.75, 3.05) is 5.73 Å². The summed E-state index contributed by atoms with van der Waals surface area (Å²) < 4.78 is 2.74. The molecule has 0 aliphatic carbocycles. The highest BCUT2D eigenvalue weighted by Crippen LogP contribution is 2.25. The standard InChI is InChI=1S/C12H9BrN4/c13-8-6-16-17(7-8)11-4-3-10(14)12-9(11)2-1-5-15-12/h1-7H,14H2. The van der Waals surface area contributed by atoms with E-state index in [0.29, 0.717) is 5.69 Å². The number of hydrogen-bond donors (Lipinski definition) is 1. The Bertz CT molecular complexity index is 690. The second kappa shape index (κ2) is 3.85. The average molecular weight is 289 g/mol. The number of hydrogen-bond acceptors (Lipinski definition) is 3. The number of nitrogens with two attached hydrogens (primary N) is 1. The molecule has 1 aromatic carbocycles. The third-order valence-corrected chi connectivity index (χ3v) is 2.99. The maximum absolute atomic E-state index is 5.91. The molecule has 0 aliphatic rings. The van der Waals surface area contributed by atoms with E-state index in [1.165, 1.54) is 0 Å². The van der Waals surface area contributed by atoms with E-state index in [9.17, 15) is 0 Å². The molecule has 3 aromatic rings. The Labute approximate surface area is 106 Å². The number of benzene rings is 1. The van der Waals surface area contributed by atoms with Crippen molar-refractivity contribution in [2.24, 2.45) is 0 Å². The molecule has 0 saturated heterocycles. The van der Waals surface area contributed by atoms with Crippen LogP contribution in [0, 0.1) is 0 Å². The van der Waals surface area contributed by atoms with Gasteiger partial charge in [-0.25, -0.2) is 4.68 Å². The smallest absolute Gasteiger partial charge is 0.0952 e. The molecule has 0 bridgehead atoms. The number of fused-ring (bicyclic) bond motifs is 1. The van der Waals surface area contributed by atoms with Crippen LogP contribution in [0.5, 0.6) is 0 Å². The van der Waals surface area contributed by atoms with Gasteiger partial charge < -0.3 is 5.73 Å². The SMILES string of the molecule is Nc1ccc(-n2cc(Br)cn2)c2cccnc12. The molecule has 0 unspecified atom stereocenters. The summed E-state index contributed by atoms with van der Waals surface area (Å²) in [7, 11) is 0. The van der Waals surface area contributed by atoms with Crippen LogP contribution in [0.2, 0.25) is 0 Å². The van der Waals surface area contributed by atoms with Crippen molar-refractivity contribution in [1.82, 2.24) is 14.8 Å². The van der Waals surface area contributed by atoms with Gasteiger partial charge >= 0.3 is 0 Å². The number of rotatable bonds is 1. The molecular weight excluding hydrogens is 280 g/mol. The van der Waals surface area contributed by atoms with Crippen molar-refractivity contribution in [3.05, 3.63) is 47.3 Å². The van der Waals surface area contributed by atoms with Gasteiger partial charge in [-0.1, -0.05) is 0 Å². The summed E-state index contributed by atoms with van der Waals surface area (Å²) in [5.41, 5.74) is 8.35. The zero-order valence-electron chi connectivity index (χ0n) is 8.84. The molecule has 0 amide bonds. The maximum atomic E-state index is 5.91. The molecule has 4 nitrogen and oxygen atoms in total. The van der Waals surface area contributed by atoms with Crippen molar-refractivity contribution in [3.8, 4) is 5.69 Å². The molecular formula is C12H9BrN4. The van der Waals surface area contributed by atoms with Crippen molar-refractivity contribution < 1.29 is 0 Å². The highest BCUT2D eigenvalue weighted by Gasteiger charge is 2.07. The molecule has 17 heavy (non-hydrogen) atoms. The molecule has 0 saturated carbocycles. The van der Waals surface area contributed by atoms with E-state index < -0.39 is 0 Å². The number of anilines is 1. The first-order chi connectivity index (χ1) is 8.25. The molecule has 0 aliphatic heterocycles. The molecule has 2 aromatic heterocycles. The molecule has 3 rings (SSSR count). The van der Waals surface area contributed by atoms with E-state index in [1.807, 2.05) is 30.5 Å². The minimum Gasteiger partial charge on any atom is -0.397 e. The monoisotopic (exact) mass is 288 g/mol. The summed E-state index contributed by atoms with van der Waals surface area (Å²) in [5.74, 6) is 0. The van der Waals surface area contributed by atoms with Gasteiger partial charge in [0, 0.05) is 17.8 Å². The molecule has 2 heterocycles. The van der Waals surface area contributed by atoms with Crippen LogP contribution in [0.3, 0.4) is 0 Å². The zero-order chi connectivity index (χ0) is 11.8. The van der Waals surface area contributed by atoms with E-state index in [-0.39, 0.29) is 0 Å². The van der Waals surface area contributed by atoms with Gasteiger partial charge in [-0.3, -0.25) is 4.98 Å². The lowest BCUT2D eigenvalue weighted by Crippen LogP contribution is -1.98. The third kappa shape index (κ3) is 1.68. The molecule has 0 fully saturated rings. The van der Waals surface area contributed by atoms with E-state index in [2.05, 4.69) is 26.0 Å². The third-order valence-electron chi connectivity index (χ3n) is 2.58. The Morgan fingerprint density at radius 2 is 2.12 bits per heavy atom. The summed E-state index contributed by atoms with van der Waals surface area (Å²) in [6.45, 7) is 0.